The molecule has 13 heavy (non-hydrogen) atoms. The zero-order valence-corrected chi connectivity index (χ0v) is 7.42. The molecule has 0 heterocycles. The van der Waals surface area contributed by atoms with Gasteiger partial charge < -0.3 is 15.9 Å². The van der Waals surface area contributed by atoms with Gasteiger partial charge in [-0.15, -0.1) is 0 Å². The second-order valence-corrected chi connectivity index (χ2v) is 3.02. The van der Waals surface area contributed by atoms with Gasteiger partial charge in [0.2, 0.25) is 0 Å². The minimum atomic E-state index is -0.799. The normalized spacial score (nSPS) is 12.9. The van der Waals surface area contributed by atoms with Crippen LogP contribution in [0.1, 0.15) is 11.6 Å². The van der Waals surface area contributed by atoms with Crippen molar-refractivity contribution in [1.82, 2.24) is 0 Å². The van der Waals surface area contributed by atoms with Crippen molar-refractivity contribution in [2.24, 2.45) is 5.73 Å². The fourth-order valence-corrected chi connectivity index (χ4v) is 1.10. The maximum atomic E-state index is 12.9. The second-order valence-electron chi connectivity index (χ2n) is 2.61. The third-order valence-corrected chi connectivity index (χ3v) is 1.96. The zero-order chi connectivity index (χ0) is 10.0. The Morgan fingerprint density at radius 3 is 2.69 bits per heavy atom. The fourth-order valence-electron chi connectivity index (χ4n) is 0.947. The summed E-state index contributed by atoms with van der Waals surface area (Å²) in [5.41, 5.74) is 5.54. The Bertz CT molecular complexity index is 319. The molecule has 1 atom stereocenters. The molecule has 0 radical (unpaired) electrons. The van der Waals surface area contributed by atoms with Crippen LogP contribution in [0.15, 0.2) is 12.1 Å². The minimum Gasteiger partial charge on any atom is -0.508 e. The third kappa shape index (κ3) is 2.09. The molecule has 0 unspecified atom stereocenters. The number of nitrogens with two attached hydrogens (primary N) is 1. The number of aliphatic hydroxyl groups is 1. The molecule has 72 valence electrons. The van der Waals surface area contributed by atoms with E-state index in [-0.39, 0.29) is 22.9 Å². The quantitative estimate of drug-likeness (QED) is 0.679. The Morgan fingerprint density at radius 2 is 2.15 bits per heavy atom. The topological polar surface area (TPSA) is 66.5 Å². The van der Waals surface area contributed by atoms with Gasteiger partial charge in [0.15, 0.2) is 0 Å². The summed E-state index contributed by atoms with van der Waals surface area (Å²) >= 11 is 5.40. The molecular formula is C8H9ClFNO2. The number of rotatable bonds is 2. The average molecular weight is 206 g/mol. The highest BCUT2D eigenvalue weighted by Gasteiger charge is 2.13. The van der Waals surface area contributed by atoms with E-state index < -0.39 is 11.9 Å². The fraction of sp³-hybridized carbons (Fsp3) is 0.250. The lowest BCUT2D eigenvalue weighted by Crippen LogP contribution is -2.14. The van der Waals surface area contributed by atoms with Crippen LogP contribution in [0.5, 0.6) is 5.75 Å². The van der Waals surface area contributed by atoms with Gasteiger partial charge in [-0.05, 0) is 6.07 Å². The summed E-state index contributed by atoms with van der Waals surface area (Å²) in [4.78, 5) is 0. The van der Waals surface area contributed by atoms with Gasteiger partial charge in [0.1, 0.15) is 11.6 Å². The van der Waals surface area contributed by atoms with E-state index in [0.717, 1.165) is 12.1 Å². The predicted octanol–water partition coefficient (Wildman–Crippen LogP) is 1.18. The van der Waals surface area contributed by atoms with E-state index in [2.05, 4.69) is 0 Å². The molecule has 4 N–H and O–H groups in total. The molecule has 0 aliphatic heterocycles. The molecule has 0 aromatic heterocycles. The van der Waals surface area contributed by atoms with Crippen LogP contribution in [0.4, 0.5) is 4.39 Å². The summed E-state index contributed by atoms with van der Waals surface area (Å²) in [7, 11) is 0. The van der Waals surface area contributed by atoms with Crippen LogP contribution in [0.25, 0.3) is 0 Å². The van der Waals surface area contributed by atoms with Gasteiger partial charge in [0, 0.05) is 11.6 Å². The Hall–Kier alpha value is -0.840. The van der Waals surface area contributed by atoms with Gasteiger partial charge in [-0.25, -0.2) is 4.39 Å². The van der Waals surface area contributed by atoms with Gasteiger partial charge >= 0.3 is 0 Å². The first kappa shape index (κ1) is 10.2. The first-order valence-corrected chi connectivity index (χ1v) is 3.98. The van der Waals surface area contributed by atoms with Gasteiger partial charge in [-0.1, -0.05) is 11.6 Å². The van der Waals surface area contributed by atoms with E-state index in [9.17, 15) is 9.50 Å². The van der Waals surface area contributed by atoms with Crippen LogP contribution < -0.4 is 5.73 Å². The van der Waals surface area contributed by atoms with E-state index in [1.54, 1.807) is 0 Å². The molecular weight excluding hydrogens is 197 g/mol. The molecule has 0 spiro atoms. The highest BCUT2D eigenvalue weighted by molar-refractivity contribution is 6.30. The molecule has 3 nitrogen and oxygen atoms in total. The summed E-state index contributed by atoms with van der Waals surface area (Å²) in [6.07, 6.45) is 0. The molecule has 1 aromatic rings. The van der Waals surface area contributed by atoms with Gasteiger partial charge in [-0.2, -0.15) is 0 Å². The molecule has 0 aliphatic carbocycles. The number of aliphatic hydroxyl groups excluding tert-OH is 1. The van der Waals surface area contributed by atoms with Crippen LogP contribution in [0.3, 0.4) is 0 Å². The Kier molecular flexibility index (Phi) is 3.08. The standard InChI is InChI=1S/C8H9ClFNO2/c9-5-2-8(13)4(1-6(5)10)7(11)3-12/h1-2,7,12-13H,3,11H2/t7-/m1/s1. The highest BCUT2D eigenvalue weighted by atomic mass is 35.5. The highest BCUT2D eigenvalue weighted by Crippen LogP contribution is 2.28. The van der Waals surface area contributed by atoms with E-state index in [4.69, 9.17) is 22.4 Å². The van der Waals surface area contributed by atoms with Gasteiger partial charge in [0.25, 0.3) is 0 Å². The molecule has 0 amide bonds. The summed E-state index contributed by atoms with van der Waals surface area (Å²) in [6, 6.07) is 1.27. The largest absolute Gasteiger partial charge is 0.508 e. The zero-order valence-electron chi connectivity index (χ0n) is 6.67. The van der Waals surface area contributed by atoms with Crippen LogP contribution in [0, 0.1) is 5.82 Å². The maximum absolute atomic E-state index is 12.9. The first-order valence-electron chi connectivity index (χ1n) is 3.60. The van der Waals surface area contributed by atoms with Crippen molar-refractivity contribution >= 4 is 11.6 Å². The number of phenols is 1. The van der Waals surface area contributed by atoms with E-state index >= 15 is 0 Å². The van der Waals surface area contributed by atoms with Crippen LogP contribution in [-0.2, 0) is 0 Å². The monoisotopic (exact) mass is 205 g/mol. The third-order valence-electron chi connectivity index (χ3n) is 1.67. The van der Waals surface area contributed by atoms with Crippen molar-refractivity contribution in [3.05, 3.63) is 28.5 Å². The van der Waals surface area contributed by atoms with Gasteiger partial charge in [0.05, 0.1) is 17.7 Å². The van der Waals surface area contributed by atoms with Crippen molar-refractivity contribution in [1.29, 1.82) is 0 Å². The summed E-state index contributed by atoms with van der Waals surface area (Å²) in [5.74, 6) is -0.883. The Balaban J connectivity index is 3.15. The van der Waals surface area contributed by atoms with E-state index in [1.807, 2.05) is 0 Å². The number of hydrogen-bond donors (Lipinski definition) is 3. The molecule has 0 fully saturated rings. The van der Waals surface area contributed by atoms with Crippen LogP contribution in [0.2, 0.25) is 5.02 Å². The number of hydrogen-bond acceptors (Lipinski definition) is 3. The van der Waals surface area contributed by atoms with E-state index in [0.29, 0.717) is 0 Å². The molecule has 5 heteroatoms. The van der Waals surface area contributed by atoms with Crippen molar-refractivity contribution < 1.29 is 14.6 Å². The molecule has 1 rings (SSSR count). The lowest BCUT2D eigenvalue weighted by Gasteiger charge is -2.10. The number of benzene rings is 1. The molecule has 0 saturated carbocycles. The van der Waals surface area contributed by atoms with Crippen molar-refractivity contribution in [2.75, 3.05) is 6.61 Å². The lowest BCUT2D eigenvalue weighted by atomic mass is 10.1. The smallest absolute Gasteiger partial charge is 0.142 e. The molecule has 1 aromatic carbocycles. The van der Waals surface area contributed by atoms with Crippen molar-refractivity contribution in [2.45, 2.75) is 6.04 Å². The summed E-state index contributed by atoms with van der Waals surface area (Å²) in [5, 5.41) is 17.8. The van der Waals surface area contributed by atoms with Crippen LogP contribution >= 0.6 is 11.6 Å². The molecule has 0 aliphatic rings. The SMILES string of the molecule is N[C@H](CO)c1cc(F)c(Cl)cc1O. The van der Waals surface area contributed by atoms with Gasteiger partial charge in [-0.3, -0.25) is 0 Å². The number of halogens is 2. The summed E-state index contributed by atoms with van der Waals surface area (Å²) in [6.45, 7) is -0.366. The second kappa shape index (κ2) is 3.91. The van der Waals surface area contributed by atoms with Crippen molar-refractivity contribution in [3.63, 3.8) is 0 Å². The lowest BCUT2D eigenvalue weighted by molar-refractivity contribution is 0.265. The first-order chi connectivity index (χ1) is 6.06. The molecule has 0 bridgehead atoms. The number of aromatic hydroxyl groups is 1. The maximum Gasteiger partial charge on any atom is 0.142 e. The average Bonchev–Trinajstić information content (AvgIpc) is 2.10. The summed E-state index contributed by atoms with van der Waals surface area (Å²) < 4.78 is 12.9. The minimum absolute atomic E-state index is 0.143. The predicted molar refractivity (Wildman–Crippen MR) is 47.1 cm³/mol. The van der Waals surface area contributed by atoms with E-state index in [1.165, 1.54) is 0 Å². The Labute approximate surface area is 79.6 Å². The molecule has 0 saturated heterocycles. The van der Waals surface area contributed by atoms with Crippen molar-refractivity contribution in [3.8, 4) is 5.75 Å². The van der Waals surface area contributed by atoms with Crippen LogP contribution in [-0.4, -0.2) is 16.8 Å². The number of phenolic OH excluding ortho intramolecular Hbond substituents is 1. The Morgan fingerprint density at radius 1 is 1.54 bits per heavy atom.